The first-order valence-corrected chi connectivity index (χ1v) is 9.35. The number of β-amino-alcohol motifs (C(OH)–C–C–N with tert-alkyl or cyclic N) is 1. The van der Waals surface area contributed by atoms with Gasteiger partial charge in [-0.05, 0) is 31.5 Å². The summed E-state index contributed by atoms with van der Waals surface area (Å²) in [5.41, 5.74) is -0.282. The summed E-state index contributed by atoms with van der Waals surface area (Å²) in [5, 5.41) is 18.5. The van der Waals surface area contributed by atoms with Gasteiger partial charge < -0.3 is 5.11 Å². The van der Waals surface area contributed by atoms with Crippen LogP contribution in [0.5, 0.6) is 0 Å². The molecule has 1 aliphatic heterocycles. The van der Waals surface area contributed by atoms with Gasteiger partial charge in [0, 0.05) is 32.2 Å². The number of piperazine rings is 1. The lowest BCUT2D eigenvalue weighted by Gasteiger charge is -2.41. The Hall–Kier alpha value is -1.53. The molecule has 0 saturated carbocycles. The molecule has 1 aromatic rings. The highest BCUT2D eigenvalue weighted by molar-refractivity contribution is 7.89. The highest BCUT2D eigenvalue weighted by Crippen LogP contribution is 2.23. The Morgan fingerprint density at radius 3 is 2.75 bits per heavy atom. The molecule has 24 heavy (non-hydrogen) atoms. The van der Waals surface area contributed by atoms with Crippen LogP contribution >= 0.6 is 0 Å². The molecule has 1 aliphatic rings. The van der Waals surface area contributed by atoms with E-state index in [0.29, 0.717) is 26.2 Å². The molecule has 1 heterocycles. The van der Waals surface area contributed by atoms with Gasteiger partial charge in [-0.3, -0.25) is 4.90 Å². The topological polar surface area (TPSA) is 84.6 Å². The smallest absolute Gasteiger partial charge is 0.243 e. The van der Waals surface area contributed by atoms with Crippen LogP contribution in [0.3, 0.4) is 0 Å². The Morgan fingerprint density at radius 1 is 1.46 bits per heavy atom. The third-order valence-electron chi connectivity index (χ3n) is 4.23. The predicted molar refractivity (Wildman–Crippen MR) is 87.2 cm³/mol. The maximum absolute atomic E-state index is 13.4. The third-order valence-corrected chi connectivity index (χ3v) is 6.09. The van der Waals surface area contributed by atoms with E-state index < -0.39 is 21.9 Å². The van der Waals surface area contributed by atoms with Crippen LogP contribution in [0.1, 0.15) is 25.8 Å². The van der Waals surface area contributed by atoms with E-state index in [2.05, 4.69) is 4.90 Å². The van der Waals surface area contributed by atoms with Crippen LogP contribution < -0.4 is 0 Å². The summed E-state index contributed by atoms with van der Waals surface area (Å²) in [4.78, 5) is 2.02. The van der Waals surface area contributed by atoms with Gasteiger partial charge in [-0.2, -0.15) is 9.57 Å². The van der Waals surface area contributed by atoms with Crippen molar-refractivity contribution in [2.45, 2.75) is 37.3 Å². The summed E-state index contributed by atoms with van der Waals surface area (Å²) in [6, 6.07) is 4.95. The van der Waals surface area contributed by atoms with Crippen molar-refractivity contribution >= 4 is 10.0 Å². The van der Waals surface area contributed by atoms with E-state index in [-0.39, 0.29) is 16.5 Å². The van der Waals surface area contributed by atoms with Gasteiger partial charge in [0.15, 0.2) is 0 Å². The molecule has 0 bridgehead atoms. The molecule has 0 amide bonds. The average molecular weight is 355 g/mol. The Bertz CT molecular complexity index is 731. The molecule has 2 rings (SSSR count). The van der Waals surface area contributed by atoms with Gasteiger partial charge in [0.2, 0.25) is 10.0 Å². The molecule has 6 nitrogen and oxygen atoms in total. The molecule has 0 aliphatic carbocycles. The first kappa shape index (κ1) is 18.8. The number of sulfonamides is 1. The summed E-state index contributed by atoms with van der Waals surface area (Å²) in [7, 11) is -3.78. The Balaban J connectivity index is 2.23. The van der Waals surface area contributed by atoms with E-state index in [1.165, 1.54) is 10.4 Å². The summed E-state index contributed by atoms with van der Waals surface area (Å²) >= 11 is 0. The fourth-order valence-electron chi connectivity index (χ4n) is 2.95. The Kier molecular flexibility index (Phi) is 5.93. The molecule has 0 radical (unpaired) electrons. The van der Waals surface area contributed by atoms with Gasteiger partial charge in [-0.25, -0.2) is 12.8 Å². The van der Waals surface area contributed by atoms with E-state index in [1.54, 1.807) is 13.0 Å². The van der Waals surface area contributed by atoms with Gasteiger partial charge >= 0.3 is 0 Å². The average Bonchev–Trinajstić information content (AvgIpc) is 2.54. The minimum absolute atomic E-state index is 0.0130. The van der Waals surface area contributed by atoms with Crippen LogP contribution in [0.4, 0.5) is 4.39 Å². The fraction of sp³-hybridized carbons (Fsp3) is 0.562. The zero-order chi connectivity index (χ0) is 17.9. The van der Waals surface area contributed by atoms with Crippen LogP contribution in [-0.2, 0) is 10.0 Å². The lowest BCUT2D eigenvalue weighted by atomic mass is 10.1. The maximum atomic E-state index is 13.4. The van der Waals surface area contributed by atoms with Crippen molar-refractivity contribution < 1.29 is 17.9 Å². The molecule has 0 aromatic heterocycles. The zero-order valence-corrected chi connectivity index (χ0v) is 14.6. The van der Waals surface area contributed by atoms with Crippen LogP contribution in [-0.4, -0.2) is 61.1 Å². The second kappa shape index (κ2) is 7.57. The summed E-state index contributed by atoms with van der Waals surface area (Å²) in [6.45, 7) is 5.31. The molecular formula is C16H22FN3O3S. The predicted octanol–water partition coefficient (Wildman–Crippen LogP) is 1.16. The maximum Gasteiger partial charge on any atom is 0.243 e. The van der Waals surface area contributed by atoms with E-state index in [0.717, 1.165) is 18.6 Å². The molecule has 8 heteroatoms. The monoisotopic (exact) mass is 355 g/mol. The van der Waals surface area contributed by atoms with Crippen LogP contribution in [0.15, 0.2) is 23.1 Å². The van der Waals surface area contributed by atoms with E-state index in [4.69, 9.17) is 5.26 Å². The lowest BCUT2D eigenvalue weighted by molar-refractivity contribution is 0.0613. The molecular weight excluding hydrogens is 333 g/mol. The number of nitriles is 1. The molecule has 1 saturated heterocycles. The number of hydrogen-bond acceptors (Lipinski definition) is 5. The minimum atomic E-state index is -3.78. The molecule has 1 aromatic carbocycles. The number of hydrogen-bond donors (Lipinski definition) is 1. The van der Waals surface area contributed by atoms with Crippen molar-refractivity contribution in [3.8, 4) is 6.07 Å². The Labute approximate surface area is 142 Å². The molecule has 0 spiro atoms. The fourth-order valence-corrected chi connectivity index (χ4v) is 4.44. The number of halogens is 1. The van der Waals surface area contributed by atoms with Gasteiger partial charge in [0.05, 0.1) is 16.6 Å². The minimum Gasteiger partial charge on any atom is -0.392 e. The van der Waals surface area contributed by atoms with Crippen molar-refractivity contribution in [3.63, 3.8) is 0 Å². The largest absolute Gasteiger partial charge is 0.392 e. The number of benzene rings is 1. The van der Waals surface area contributed by atoms with E-state index >= 15 is 0 Å². The van der Waals surface area contributed by atoms with Crippen molar-refractivity contribution in [3.05, 3.63) is 29.6 Å². The van der Waals surface area contributed by atoms with Crippen molar-refractivity contribution in [1.82, 2.24) is 9.21 Å². The zero-order valence-electron chi connectivity index (χ0n) is 13.8. The first-order valence-electron chi connectivity index (χ1n) is 7.91. The van der Waals surface area contributed by atoms with Crippen molar-refractivity contribution in [2.24, 2.45) is 0 Å². The van der Waals surface area contributed by atoms with E-state index in [9.17, 15) is 17.9 Å². The highest BCUT2D eigenvalue weighted by Gasteiger charge is 2.34. The van der Waals surface area contributed by atoms with Gasteiger partial charge in [0.25, 0.3) is 0 Å². The third kappa shape index (κ3) is 3.92. The second-order valence-corrected chi connectivity index (χ2v) is 7.96. The van der Waals surface area contributed by atoms with Crippen LogP contribution in [0.25, 0.3) is 0 Å². The summed E-state index contributed by atoms with van der Waals surface area (Å²) in [5.74, 6) is -0.732. The second-order valence-electron chi connectivity index (χ2n) is 6.02. The highest BCUT2D eigenvalue weighted by atomic mass is 32.2. The van der Waals surface area contributed by atoms with Gasteiger partial charge in [0.1, 0.15) is 11.9 Å². The normalized spacial score (nSPS) is 21.4. The lowest BCUT2D eigenvalue weighted by Crippen LogP contribution is -2.55. The van der Waals surface area contributed by atoms with Gasteiger partial charge in [-0.15, -0.1) is 0 Å². The number of nitrogens with zero attached hydrogens (tertiary/aromatic N) is 3. The molecule has 132 valence electrons. The summed E-state index contributed by atoms with van der Waals surface area (Å²) in [6.07, 6.45) is 0.281. The Morgan fingerprint density at radius 2 is 2.17 bits per heavy atom. The molecule has 0 unspecified atom stereocenters. The number of aliphatic hydroxyl groups is 1. The molecule has 2 atom stereocenters. The van der Waals surface area contributed by atoms with E-state index in [1.807, 2.05) is 6.92 Å². The quantitative estimate of drug-likeness (QED) is 0.857. The van der Waals surface area contributed by atoms with Crippen molar-refractivity contribution in [2.75, 3.05) is 26.2 Å². The standard InChI is InChI=1S/C16H22FN3O3S/c1-3-14-11-20(7-6-19(14)10-12(2)21)24(22,23)15-4-5-16(17)13(8-15)9-18/h4-5,8,12,14,21H,3,6-7,10-11H2,1-2H3/t12-,14-/m0/s1. The number of rotatable bonds is 5. The molecule has 1 N–H and O–H groups in total. The summed E-state index contributed by atoms with van der Waals surface area (Å²) < 4.78 is 40.4. The van der Waals surface area contributed by atoms with Crippen LogP contribution in [0.2, 0.25) is 0 Å². The van der Waals surface area contributed by atoms with Crippen molar-refractivity contribution in [1.29, 1.82) is 5.26 Å². The SMILES string of the molecule is CC[C@H]1CN(S(=O)(=O)c2ccc(F)c(C#N)c2)CCN1C[C@H](C)O. The van der Waals surface area contributed by atoms with Crippen LogP contribution in [0, 0.1) is 17.1 Å². The molecule has 1 fully saturated rings. The van der Waals surface area contributed by atoms with Gasteiger partial charge in [-0.1, -0.05) is 6.92 Å². The number of aliphatic hydroxyl groups excluding tert-OH is 1. The first-order chi connectivity index (χ1) is 11.3.